The maximum atomic E-state index is 12.8. The average molecular weight is 445 g/mol. The van der Waals surface area contributed by atoms with Crippen LogP contribution >= 0.6 is 23.1 Å². The minimum absolute atomic E-state index is 0.290. The number of nitrogens with one attached hydrogen (secondary N) is 2. The summed E-state index contributed by atoms with van der Waals surface area (Å²) in [5, 5.41) is 17.8. The number of nitrogens with two attached hydrogens (primary N) is 1. The molecule has 0 aliphatic carbocycles. The predicted molar refractivity (Wildman–Crippen MR) is 103 cm³/mol. The summed E-state index contributed by atoms with van der Waals surface area (Å²) in [7, 11) is 1.46. The van der Waals surface area contributed by atoms with Crippen LogP contribution in [0.1, 0.15) is 5.69 Å². The number of nitrogens with zero attached hydrogens (tertiary/aromatic N) is 4. The molecule has 158 valence electrons. The lowest BCUT2D eigenvalue weighted by molar-refractivity contribution is -0.463. The van der Waals surface area contributed by atoms with Gasteiger partial charge in [-0.2, -0.15) is 20.5 Å². The van der Waals surface area contributed by atoms with Crippen molar-refractivity contribution in [1.29, 1.82) is 0 Å². The number of anilines is 1. The third kappa shape index (κ3) is 9.16. The summed E-state index contributed by atoms with van der Waals surface area (Å²) in [5.74, 6) is -3.21. The highest BCUT2D eigenvalue weighted by Gasteiger charge is 2.40. The van der Waals surface area contributed by atoms with E-state index in [1.54, 1.807) is 5.38 Å². The number of alkyl halides is 4. The van der Waals surface area contributed by atoms with Gasteiger partial charge >= 0.3 is 12.3 Å². The van der Waals surface area contributed by atoms with Gasteiger partial charge in [0.2, 0.25) is 0 Å². The fourth-order valence-electron chi connectivity index (χ4n) is 1.61. The molecule has 9 nitrogen and oxygen atoms in total. The third-order valence-electron chi connectivity index (χ3n) is 2.94. The Labute approximate surface area is 166 Å². The Hall–Kier alpha value is -2.16. The lowest BCUT2D eigenvalue weighted by Gasteiger charge is -2.12. The maximum absolute atomic E-state index is 12.8. The van der Waals surface area contributed by atoms with Crippen molar-refractivity contribution in [2.45, 2.75) is 18.1 Å². The second kappa shape index (κ2) is 11.6. The first-order valence-electron chi connectivity index (χ1n) is 7.70. The Morgan fingerprint density at radius 1 is 1.54 bits per heavy atom. The molecule has 15 heteroatoms. The van der Waals surface area contributed by atoms with Crippen molar-refractivity contribution < 1.29 is 22.5 Å². The summed E-state index contributed by atoms with van der Waals surface area (Å²) < 4.78 is 49.7. The van der Waals surface area contributed by atoms with Crippen LogP contribution in [0.3, 0.4) is 0 Å². The first-order valence-corrected chi connectivity index (χ1v) is 9.74. The number of thiazole rings is 1. The van der Waals surface area contributed by atoms with E-state index < -0.39 is 29.8 Å². The van der Waals surface area contributed by atoms with Crippen LogP contribution in [0.2, 0.25) is 0 Å². The minimum atomic E-state index is -4.24. The van der Waals surface area contributed by atoms with E-state index in [2.05, 4.69) is 25.6 Å². The molecular weight excluding hydrogens is 426 g/mol. The van der Waals surface area contributed by atoms with Crippen LogP contribution in [0.15, 0.2) is 15.4 Å². The molecule has 1 aromatic rings. The molecule has 0 radical (unpaired) electrons. The lowest BCUT2D eigenvalue weighted by atomic mass is 10.3. The van der Waals surface area contributed by atoms with Gasteiger partial charge in [0.1, 0.15) is 6.54 Å². The van der Waals surface area contributed by atoms with E-state index in [1.807, 2.05) is 0 Å². The van der Waals surface area contributed by atoms with Gasteiger partial charge < -0.3 is 16.4 Å². The molecule has 0 amide bonds. The second-order valence-corrected chi connectivity index (χ2v) is 7.14. The Morgan fingerprint density at radius 3 is 2.86 bits per heavy atom. The van der Waals surface area contributed by atoms with Gasteiger partial charge in [-0.3, -0.25) is 15.1 Å². The zero-order valence-corrected chi connectivity index (χ0v) is 16.3. The average Bonchev–Trinajstić information content (AvgIpc) is 3.05. The number of nitro groups is 1. The first-order chi connectivity index (χ1) is 13.1. The van der Waals surface area contributed by atoms with E-state index in [4.69, 9.17) is 5.73 Å². The molecule has 0 fully saturated rings. The summed E-state index contributed by atoms with van der Waals surface area (Å²) in [6.07, 6.45) is -3.82. The lowest BCUT2D eigenvalue weighted by Crippen LogP contribution is -2.32. The minimum Gasteiger partial charge on any atom is -0.370 e. The summed E-state index contributed by atoms with van der Waals surface area (Å²) in [6.45, 7) is -1.31. The molecule has 0 bridgehead atoms. The highest BCUT2D eigenvalue weighted by atomic mass is 32.2. The van der Waals surface area contributed by atoms with Crippen molar-refractivity contribution in [1.82, 2.24) is 10.3 Å². The van der Waals surface area contributed by atoms with E-state index >= 15 is 0 Å². The van der Waals surface area contributed by atoms with Crippen LogP contribution < -0.4 is 16.4 Å². The van der Waals surface area contributed by atoms with Crippen LogP contribution in [-0.4, -0.2) is 66.5 Å². The number of amidine groups is 1. The molecule has 0 saturated heterocycles. The number of hydrogen-bond donors (Lipinski definition) is 3. The molecule has 1 rings (SSSR count). The molecule has 28 heavy (non-hydrogen) atoms. The van der Waals surface area contributed by atoms with Crippen LogP contribution in [0.4, 0.5) is 22.7 Å². The summed E-state index contributed by atoms with van der Waals surface area (Å²) in [5.41, 5.74) is 6.09. The van der Waals surface area contributed by atoms with Gasteiger partial charge in [-0.1, -0.05) is 0 Å². The van der Waals surface area contributed by atoms with Crippen molar-refractivity contribution in [2.24, 2.45) is 15.7 Å². The highest BCUT2D eigenvalue weighted by Crippen LogP contribution is 2.23. The van der Waals surface area contributed by atoms with Gasteiger partial charge in [-0.15, -0.1) is 11.3 Å². The van der Waals surface area contributed by atoms with Gasteiger partial charge in [0.05, 0.1) is 5.69 Å². The van der Waals surface area contributed by atoms with Gasteiger partial charge in [-0.25, -0.2) is 18.8 Å². The topological polar surface area (TPSA) is 131 Å². The Bertz CT molecular complexity index is 700. The van der Waals surface area contributed by atoms with E-state index in [-0.39, 0.29) is 12.4 Å². The maximum Gasteiger partial charge on any atom is 0.326 e. The molecule has 4 N–H and O–H groups in total. The van der Waals surface area contributed by atoms with E-state index in [0.29, 0.717) is 28.9 Å². The van der Waals surface area contributed by atoms with Crippen molar-refractivity contribution in [3.63, 3.8) is 0 Å². The zero-order valence-electron chi connectivity index (χ0n) is 14.7. The van der Waals surface area contributed by atoms with Crippen molar-refractivity contribution >= 4 is 40.0 Å². The van der Waals surface area contributed by atoms with Crippen LogP contribution in [0.5, 0.6) is 0 Å². The van der Waals surface area contributed by atoms with Crippen molar-refractivity contribution in [3.8, 4) is 0 Å². The highest BCUT2D eigenvalue weighted by molar-refractivity contribution is 7.98. The fourth-order valence-corrected chi connectivity index (χ4v) is 3.18. The Kier molecular flexibility index (Phi) is 9.92. The number of hydrogen-bond acceptors (Lipinski definition) is 7. The molecule has 0 aromatic carbocycles. The van der Waals surface area contributed by atoms with Crippen LogP contribution in [-0.2, 0) is 5.75 Å². The summed E-state index contributed by atoms with van der Waals surface area (Å²) >= 11 is 2.67. The van der Waals surface area contributed by atoms with E-state index in [1.165, 1.54) is 18.8 Å². The SMILES string of the molecule is CN=C(C[N+](=O)[O-])NCCSCc1csc(NC(N)=NCC(F)(F)C(F)F)n1. The molecule has 0 spiro atoms. The van der Waals surface area contributed by atoms with Gasteiger partial charge in [0.15, 0.2) is 16.9 Å². The molecule has 1 heterocycles. The first kappa shape index (κ1) is 23.9. The van der Waals surface area contributed by atoms with E-state index in [0.717, 1.165) is 11.3 Å². The molecule has 0 saturated carbocycles. The molecular formula is C13H19F4N7O2S2. The van der Waals surface area contributed by atoms with Crippen molar-refractivity contribution in [2.75, 3.05) is 37.8 Å². The van der Waals surface area contributed by atoms with Crippen LogP contribution in [0, 0.1) is 10.1 Å². The quantitative estimate of drug-likeness (QED) is 0.118. The van der Waals surface area contributed by atoms with Crippen LogP contribution in [0.25, 0.3) is 0 Å². The summed E-state index contributed by atoms with van der Waals surface area (Å²) in [6, 6.07) is 0. The van der Waals surface area contributed by atoms with E-state index in [9.17, 15) is 27.7 Å². The summed E-state index contributed by atoms with van der Waals surface area (Å²) in [4.78, 5) is 21.1. The van der Waals surface area contributed by atoms with Gasteiger partial charge in [-0.05, 0) is 0 Å². The number of halogens is 4. The predicted octanol–water partition coefficient (Wildman–Crippen LogP) is 1.90. The third-order valence-corrected chi connectivity index (χ3v) is 4.74. The standard InChI is InChI=1S/C13H19F4N7O2S2/c1-19-9(4-24(25)26)20-2-3-27-5-8-6-28-12(22-8)23-11(18)21-7-13(16,17)10(14)15/h6,10H,2-5,7H2,1H3,(H,19,20)(H3,18,21,22,23). The Balaban J connectivity index is 2.35. The molecule has 0 aliphatic heterocycles. The monoisotopic (exact) mass is 445 g/mol. The molecule has 0 atom stereocenters. The number of aliphatic imine (C=N–C) groups is 2. The van der Waals surface area contributed by atoms with Crippen molar-refractivity contribution in [3.05, 3.63) is 21.2 Å². The number of rotatable bonds is 11. The molecule has 0 aliphatic rings. The smallest absolute Gasteiger partial charge is 0.326 e. The Morgan fingerprint density at radius 2 is 2.25 bits per heavy atom. The molecule has 0 unspecified atom stereocenters. The second-order valence-electron chi connectivity index (χ2n) is 5.17. The number of thioether (sulfide) groups is 1. The molecule has 1 aromatic heterocycles. The normalized spacial score (nSPS) is 13.1. The largest absolute Gasteiger partial charge is 0.370 e. The van der Waals surface area contributed by atoms with Gasteiger partial charge in [0.25, 0.3) is 6.54 Å². The number of guanidine groups is 1. The van der Waals surface area contributed by atoms with Gasteiger partial charge in [0, 0.05) is 35.4 Å². The zero-order chi connectivity index (χ0) is 21.2. The fraction of sp³-hybridized carbons (Fsp3) is 0.615. The number of aromatic nitrogens is 1.